The predicted molar refractivity (Wildman–Crippen MR) is 145 cm³/mol. The third kappa shape index (κ3) is 6.18. The van der Waals surface area contributed by atoms with Gasteiger partial charge in [0.15, 0.2) is 17.5 Å². The molecule has 3 rings (SSSR count). The van der Waals surface area contributed by atoms with Crippen LogP contribution < -0.4 is 15.6 Å². The summed E-state index contributed by atoms with van der Waals surface area (Å²) in [5, 5.41) is 0.129. The van der Waals surface area contributed by atoms with Gasteiger partial charge in [0.1, 0.15) is 17.7 Å². The van der Waals surface area contributed by atoms with Gasteiger partial charge >= 0.3 is 0 Å². The smallest absolute Gasteiger partial charge is 0.261 e. The highest BCUT2D eigenvalue weighted by atomic mass is 32.2. The molecule has 2 aromatic carbocycles. The van der Waals surface area contributed by atoms with Gasteiger partial charge in [0.2, 0.25) is 10.0 Å². The molecular weight excluding hydrogens is 556 g/mol. The van der Waals surface area contributed by atoms with Gasteiger partial charge in [0, 0.05) is 18.3 Å². The van der Waals surface area contributed by atoms with Crippen LogP contribution in [-0.4, -0.2) is 45.1 Å². The van der Waals surface area contributed by atoms with Crippen molar-refractivity contribution >= 4 is 40.4 Å². The molecule has 0 radical (unpaired) electrons. The Kier molecular flexibility index (Phi) is 8.94. The minimum atomic E-state index is -3.64. The number of alkyl halides is 1. The van der Waals surface area contributed by atoms with Crippen LogP contribution in [0.2, 0.25) is 19.6 Å². The zero-order chi connectivity index (χ0) is 29.3. The van der Waals surface area contributed by atoms with Crippen LogP contribution in [0, 0.1) is 24.4 Å². The van der Waals surface area contributed by atoms with E-state index >= 15 is 8.78 Å². The standard InChI is InChI=1S/C25H32F4N4O4SSi/c1-7-10-38(35,36)31-14-37-12-25(29,39(4,5)6)16-11-17(26)22(28)23(21(16)27)32-18-8-9-19-20(15(18)2)24(34)33(3)13-30-19/h8-9,11,13,31-32H,7,10,12,14H2,1-6H3. The van der Waals surface area contributed by atoms with Crippen molar-refractivity contribution in [3.8, 4) is 0 Å². The number of nitrogens with one attached hydrogen (secondary N) is 2. The van der Waals surface area contributed by atoms with E-state index in [0.29, 0.717) is 23.6 Å². The predicted octanol–water partition coefficient (Wildman–Crippen LogP) is 4.75. The summed E-state index contributed by atoms with van der Waals surface area (Å²) >= 11 is 0. The molecule has 0 spiro atoms. The van der Waals surface area contributed by atoms with Crippen molar-refractivity contribution in [1.82, 2.24) is 14.3 Å². The van der Waals surface area contributed by atoms with E-state index in [1.807, 2.05) is 0 Å². The second kappa shape index (κ2) is 11.4. The Labute approximate surface area is 225 Å². The molecule has 3 aromatic rings. The van der Waals surface area contributed by atoms with Gasteiger partial charge in [-0.2, -0.15) is 4.72 Å². The molecule has 1 unspecified atom stereocenters. The highest BCUT2D eigenvalue weighted by Gasteiger charge is 2.49. The van der Waals surface area contributed by atoms with Crippen molar-refractivity contribution in [3.05, 3.63) is 63.5 Å². The summed E-state index contributed by atoms with van der Waals surface area (Å²) in [5.74, 6) is -4.59. The molecule has 0 saturated carbocycles. The van der Waals surface area contributed by atoms with E-state index in [1.54, 1.807) is 33.5 Å². The molecule has 14 heteroatoms. The lowest BCUT2D eigenvalue weighted by Crippen LogP contribution is -2.50. The Balaban J connectivity index is 2.05. The van der Waals surface area contributed by atoms with Gasteiger partial charge in [-0.15, -0.1) is 0 Å². The SMILES string of the molecule is CCCS(=O)(=O)NCOCC(F)(c1cc(F)c(F)c(Nc2ccc3ncn(C)c(=O)c3c2C)c1F)[Si](C)(C)C. The second-order valence-electron chi connectivity index (χ2n) is 10.3. The molecule has 2 N–H and O–H groups in total. The van der Waals surface area contributed by atoms with E-state index < -0.39 is 71.0 Å². The number of aryl methyl sites for hydroxylation is 2. The molecule has 0 aliphatic heterocycles. The van der Waals surface area contributed by atoms with Gasteiger partial charge in [-0.25, -0.2) is 31.0 Å². The van der Waals surface area contributed by atoms with Crippen molar-refractivity contribution in [3.63, 3.8) is 0 Å². The number of nitrogens with zero attached hydrogens (tertiary/aromatic N) is 2. The normalized spacial score (nSPS) is 14.0. The van der Waals surface area contributed by atoms with E-state index in [4.69, 9.17) is 4.74 Å². The van der Waals surface area contributed by atoms with Crippen LogP contribution in [0.4, 0.5) is 28.9 Å². The molecule has 0 fully saturated rings. The molecule has 8 nitrogen and oxygen atoms in total. The molecule has 1 heterocycles. The van der Waals surface area contributed by atoms with Crippen molar-refractivity contribution in [1.29, 1.82) is 0 Å². The molecule has 214 valence electrons. The number of hydrogen-bond donors (Lipinski definition) is 2. The molecule has 0 amide bonds. The lowest BCUT2D eigenvalue weighted by molar-refractivity contribution is 0.0493. The number of anilines is 2. The fourth-order valence-electron chi connectivity index (χ4n) is 4.09. The first-order chi connectivity index (χ1) is 18.0. The number of sulfonamides is 1. The van der Waals surface area contributed by atoms with Crippen LogP contribution in [0.25, 0.3) is 10.9 Å². The van der Waals surface area contributed by atoms with Crippen molar-refractivity contribution in [2.75, 3.05) is 24.4 Å². The van der Waals surface area contributed by atoms with Crippen LogP contribution in [-0.2, 0) is 27.1 Å². The zero-order valence-electron chi connectivity index (χ0n) is 22.6. The van der Waals surface area contributed by atoms with Crippen LogP contribution in [0.15, 0.2) is 29.3 Å². The lowest BCUT2D eigenvalue weighted by atomic mass is 10.1. The molecule has 0 aliphatic rings. The maximum atomic E-state index is 16.6. The fourth-order valence-corrected chi connectivity index (χ4v) is 6.56. The Morgan fingerprint density at radius 3 is 2.44 bits per heavy atom. The molecule has 0 aliphatic carbocycles. The van der Waals surface area contributed by atoms with E-state index in [0.717, 1.165) is 0 Å². The number of hydrogen-bond acceptors (Lipinski definition) is 6. The molecule has 1 aromatic heterocycles. The number of benzene rings is 2. The van der Waals surface area contributed by atoms with Crippen molar-refractivity contribution in [2.24, 2.45) is 7.05 Å². The Hall–Kier alpha value is -2.81. The van der Waals surface area contributed by atoms with Gasteiger partial charge in [0.05, 0.1) is 37.7 Å². The van der Waals surface area contributed by atoms with Gasteiger partial charge in [-0.3, -0.25) is 4.79 Å². The number of ether oxygens (including phenoxy) is 1. The highest BCUT2D eigenvalue weighted by Crippen LogP contribution is 2.42. The summed E-state index contributed by atoms with van der Waals surface area (Å²) in [6.45, 7) is 6.51. The van der Waals surface area contributed by atoms with Gasteiger partial charge in [0.25, 0.3) is 5.56 Å². The Morgan fingerprint density at radius 2 is 1.82 bits per heavy atom. The molecule has 39 heavy (non-hydrogen) atoms. The topological polar surface area (TPSA) is 102 Å². The van der Waals surface area contributed by atoms with Crippen molar-refractivity contribution in [2.45, 2.75) is 45.2 Å². The van der Waals surface area contributed by atoms with E-state index in [1.165, 1.54) is 30.1 Å². The summed E-state index contributed by atoms with van der Waals surface area (Å²) < 4.78 is 94.7. The average Bonchev–Trinajstić information content (AvgIpc) is 2.84. The van der Waals surface area contributed by atoms with Gasteiger partial charge in [-0.1, -0.05) is 26.6 Å². The second-order valence-corrected chi connectivity index (χ2v) is 17.6. The summed E-state index contributed by atoms with van der Waals surface area (Å²) in [4.78, 5) is 16.8. The average molecular weight is 589 g/mol. The van der Waals surface area contributed by atoms with E-state index in [9.17, 15) is 22.0 Å². The molecule has 0 bridgehead atoms. The van der Waals surface area contributed by atoms with Gasteiger partial charge < -0.3 is 14.6 Å². The van der Waals surface area contributed by atoms with Gasteiger partial charge in [-0.05, 0) is 37.1 Å². The third-order valence-corrected chi connectivity index (χ3v) is 10.8. The minimum Gasteiger partial charge on any atom is -0.362 e. The highest BCUT2D eigenvalue weighted by molar-refractivity contribution is 7.89. The summed E-state index contributed by atoms with van der Waals surface area (Å²) in [6.07, 6.45) is 1.69. The van der Waals surface area contributed by atoms with Crippen LogP contribution in [0.3, 0.4) is 0 Å². The first kappa shape index (κ1) is 30.7. The number of aromatic nitrogens is 2. The van der Waals surface area contributed by atoms with Crippen LogP contribution >= 0.6 is 0 Å². The van der Waals surface area contributed by atoms with Crippen molar-refractivity contribution < 1.29 is 30.7 Å². The summed E-state index contributed by atoms with van der Waals surface area (Å²) in [6, 6.07) is 3.36. The van der Waals surface area contributed by atoms with E-state index in [2.05, 4.69) is 15.0 Å². The van der Waals surface area contributed by atoms with Crippen LogP contribution in [0.5, 0.6) is 0 Å². The largest absolute Gasteiger partial charge is 0.362 e. The summed E-state index contributed by atoms with van der Waals surface area (Å²) in [5.41, 5.74) is -1.32. The quantitative estimate of drug-likeness (QED) is 0.110. The molecule has 0 saturated heterocycles. The number of rotatable bonds is 11. The van der Waals surface area contributed by atoms with E-state index in [-0.39, 0.29) is 16.8 Å². The fraction of sp³-hybridized carbons (Fsp3) is 0.440. The maximum absolute atomic E-state index is 16.6. The number of halogens is 4. The zero-order valence-corrected chi connectivity index (χ0v) is 24.4. The lowest BCUT2D eigenvalue weighted by Gasteiger charge is -2.37. The maximum Gasteiger partial charge on any atom is 0.261 e. The molecule has 1 atom stereocenters. The third-order valence-electron chi connectivity index (χ3n) is 6.53. The first-order valence-electron chi connectivity index (χ1n) is 12.2. The monoisotopic (exact) mass is 588 g/mol. The Bertz CT molecular complexity index is 1560. The molecular formula is C25H32F4N4O4SSi. The Morgan fingerprint density at radius 1 is 1.15 bits per heavy atom. The minimum absolute atomic E-state index is 0.0981. The summed E-state index contributed by atoms with van der Waals surface area (Å²) in [7, 11) is -5.23. The number of fused-ring (bicyclic) bond motifs is 1. The first-order valence-corrected chi connectivity index (χ1v) is 17.3. The van der Waals surface area contributed by atoms with Crippen LogP contribution in [0.1, 0.15) is 24.5 Å².